The van der Waals surface area contributed by atoms with Gasteiger partial charge in [-0.05, 0) is 24.8 Å². The van der Waals surface area contributed by atoms with Crippen molar-refractivity contribution in [1.82, 2.24) is 9.88 Å². The lowest BCUT2D eigenvalue weighted by Crippen LogP contribution is -2.30. The third-order valence-corrected chi connectivity index (χ3v) is 2.57. The average molecular weight is 206 g/mol. The Morgan fingerprint density at radius 2 is 2.27 bits per heavy atom. The second kappa shape index (κ2) is 3.88. The molecule has 0 aliphatic heterocycles. The summed E-state index contributed by atoms with van der Waals surface area (Å²) in [7, 11) is 1.77. The van der Waals surface area contributed by atoms with Gasteiger partial charge in [0.2, 0.25) is 5.56 Å². The summed E-state index contributed by atoms with van der Waals surface area (Å²) in [6.45, 7) is 0.787. The van der Waals surface area contributed by atoms with Crippen molar-refractivity contribution in [2.45, 2.75) is 12.8 Å². The Morgan fingerprint density at radius 3 is 2.87 bits per heavy atom. The molecule has 1 saturated carbocycles. The van der Waals surface area contributed by atoms with Crippen LogP contribution < -0.4 is 5.56 Å². The fourth-order valence-electron chi connectivity index (χ4n) is 1.55. The van der Waals surface area contributed by atoms with E-state index in [1.165, 1.54) is 18.9 Å². The topological polar surface area (TPSA) is 53.2 Å². The number of carbonyl (C=O) groups excluding carboxylic acids is 1. The zero-order chi connectivity index (χ0) is 10.8. The van der Waals surface area contributed by atoms with Crippen LogP contribution in [0.1, 0.15) is 23.3 Å². The summed E-state index contributed by atoms with van der Waals surface area (Å²) in [5.74, 6) is 0.550. The molecule has 1 aromatic heterocycles. The Labute approximate surface area is 87.9 Å². The molecule has 1 aliphatic carbocycles. The second-order valence-corrected chi connectivity index (χ2v) is 4.06. The van der Waals surface area contributed by atoms with Gasteiger partial charge in [-0.15, -0.1) is 0 Å². The Balaban J connectivity index is 2.08. The molecule has 1 amide bonds. The van der Waals surface area contributed by atoms with E-state index < -0.39 is 0 Å². The Hall–Kier alpha value is -1.58. The van der Waals surface area contributed by atoms with Gasteiger partial charge in [0.1, 0.15) is 5.69 Å². The van der Waals surface area contributed by atoms with E-state index >= 15 is 0 Å². The van der Waals surface area contributed by atoms with Gasteiger partial charge in [-0.2, -0.15) is 0 Å². The first kappa shape index (κ1) is 9.96. The lowest BCUT2D eigenvalue weighted by molar-refractivity contribution is 0.0782. The fraction of sp³-hybridized carbons (Fsp3) is 0.455. The monoisotopic (exact) mass is 206 g/mol. The number of aromatic nitrogens is 1. The molecule has 1 aliphatic rings. The van der Waals surface area contributed by atoms with Crippen LogP contribution in [0.5, 0.6) is 0 Å². The molecular weight excluding hydrogens is 192 g/mol. The van der Waals surface area contributed by atoms with E-state index in [1.54, 1.807) is 24.1 Å². The number of rotatable bonds is 3. The normalized spacial score (nSPS) is 15.0. The number of pyridine rings is 1. The van der Waals surface area contributed by atoms with Gasteiger partial charge in [-0.25, -0.2) is 0 Å². The number of hydrogen-bond donors (Lipinski definition) is 1. The molecule has 0 spiro atoms. The molecule has 1 fully saturated rings. The fourth-order valence-corrected chi connectivity index (χ4v) is 1.55. The number of nitrogens with zero attached hydrogens (tertiary/aromatic N) is 1. The van der Waals surface area contributed by atoms with Crippen molar-refractivity contribution in [2.75, 3.05) is 13.6 Å². The Kier molecular flexibility index (Phi) is 2.58. The predicted molar refractivity (Wildman–Crippen MR) is 56.7 cm³/mol. The second-order valence-electron chi connectivity index (χ2n) is 4.06. The maximum Gasteiger partial charge on any atom is 0.270 e. The number of amides is 1. The van der Waals surface area contributed by atoms with E-state index in [-0.39, 0.29) is 11.5 Å². The van der Waals surface area contributed by atoms with Crippen molar-refractivity contribution in [2.24, 2.45) is 5.92 Å². The molecule has 4 nitrogen and oxygen atoms in total. The average Bonchev–Trinajstić information content (AvgIpc) is 3.00. The number of aromatic amines is 1. The van der Waals surface area contributed by atoms with Gasteiger partial charge in [0.15, 0.2) is 0 Å². The SMILES string of the molecule is CN(CC1CC1)C(=O)c1cccc(=O)[nH]1. The third-order valence-electron chi connectivity index (χ3n) is 2.57. The van der Waals surface area contributed by atoms with E-state index in [2.05, 4.69) is 4.98 Å². The van der Waals surface area contributed by atoms with Gasteiger partial charge < -0.3 is 9.88 Å². The molecule has 0 radical (unpaired) electrons. The van der Waals surface area contributed by atoms with Crippen molar-refractivity contribution in [1.29, 1.82) is 0 Å². The van der Waals surface area contributed by atoms with Crippen molar-refractivity contribution in [3.8, 4) is 0 Å². The standard InChI is InChI=1S/C11H14N2O2/c1-13(7-8-5-6-8)11(15)9-3-2-4-10(14)12-9/h2-4,8H,5-7H2,1H3,(H,12,14). The van der Waals surface area contributed by atoms with E-state index in [0.717, 1.165) is 6.54 Å². The van der Waals surface area contributed by atoms with Gasteiger partial charge in [0, 0.05) is 19.7 Å². The Morgan fingerprint density at radius 1 is 1.53 bits per heavy atom. The highest BCUT2D eigenvalue weighted by atomic mass is 16.2. The van der Waals surface area contributed by atoms with Gasteiger partial charge in [-0.1, -0.05) is 6.07 Å². The largest absolute Gasteiger partial charge is 0.340 e. The van der Waals surface area contributed by atoms with Crippen LogP contribution in [0.15, 0.2) is 23.0 Å². The van der Waals surface area contributed by atoms with Gasteiger partial charge in [0.05, 0.1) is 0 Å². The van der Waals surface area contributed by atoms with Crippen LogP contribution in [0.3, 0.4) is 0 Å². The van der Waals surface area contributed by atoms with Crippen LogP contribution in [-0.2, 0) is 0 Å². The lowest BCUT2D eigenvalue weighted by Gasteiger charge is -2.16. The molecule has 15 heavy (non-hydrogen) atoms. The van der Waals surface area contributed by atoms with Crippen LogP contribution in [0.25, 0.3) is 0 Å². The smallest absolute Gasteiger partial charge is 0.270 e. The number of H-pyrrole nitrogens is 1. The van der Waals surface area contributed by atoms with Crippen molar-refractivity contribution in [3.63, 3.8) is 0 Å². The molecular formula is C11H14N2O2. The number of carbonyl (C=O) groups is 1. The van der Waals surface area contributed by atoms with E-state index in [1.807, 2.05) is 0 Å². The molecule has 4 heteroatoms. The first-order chi connectivity index (χ1) is 7.16. The van der Waals surface area contributed by atoms with Crippen LogP contribution in [-0.4, -0.2) is 29.4 Å². The molecule has 0 atom stereocenters. The third kappa shape index (κ3) is 2.46. The summed E-state index contributed by atoms with van der Waals surface area (Å²) in [4.78, 5) is 27.0. The highest BCUT2D eigenvalue weighted by molar-refractivity contribution is 5.92. The van der Waals surface area contributed by atoms with Crippen molar-refractivity contribution in [3.05, 3.63) is 34.2 Å². The van der Waals surface area contributed by atoms with Gasteiger partial charge in [-0.3, -0.25) is 9.59 Å². The first-order valence-electron chi connectivity index (χ1n) is 5.11. The predicted octanol–water partition coefficient (Wildman–Crippen LogP) is 0.857. The first-order valence-corrected chi connectivity index (χ1v) is 5.11. The maximum atomic E-state index is 11.8. The quantitative estimate of drug-likeness (QED) is 0.797. The molecule has 0 bridgehead atoms. The molecule has 0 unspecified atom stereocenters. The lowest BCUT2D eigenvalue weighted by atomic mass is 10.3. The Bertz CT molecular complexity index is 421. The summed E-state index contributed by atoms with van der Waals surface area (Å²) in [5.41, 5.74) is 0.131. The molecule has 2 rings (SSSR count). The summed E-state index contributed by atoms with van der Waals surface area (Å²) < 4.78 is 0. The van der Waals surface area contributed by atoms with Crippen LogP contribution in [0.2, 0.25) is 0 Å². The molecule has 1 heterocycles. The zero-order valence-electron chi connectivity index (χ0n) is 8.69. The van der Waals surface area contributed by atoms with Crippen LogP contribution in [0, 0.1) is 5.92 Å². The van der Waals surface area contributed by atoms with Crippen molar-refractivity contribution >= 4 is 5.91 Å². The minimum atomic E-state index is -0.235. The van der Waals surface area contributed by atoms with E-state index in [4.69, 9.17) is 0 Å². The summed E-state index contributed by atoms with van der Waals surface area (Å²) in [6.07, 6.45) is 2.42. The van der Waals surface area contributed by atoms with Gasteiger partial charge >= 0.3 is 0 Å². The number of hydrogen-bond acceptors (Lipinski definition) is 2. The zero-order valence-corrected chi connectivity index (χ0v) is 8.69. The minimum Gasteiger partial charge on any atom is -0.340 e. The summed E-state index contributed by atoms with van der Waals surface area (Å²) in [6, 6.07) is 4.63. The highest BCUT2D eigenvalue weighted by Gasteiger charge is 2.25. The van der Waals surface area contributed by atoms with Gasteiger partial charge in [0.25, 0.3) is 5.91 Å². The maximum absolute atomic E-state index is 11.8. The van der Waals surface area contributed by atoms with Crippen LogP contribution in [0.4, 0.5) is 0 Å². The number of nitrogens with one attached hydrogen (secondary N) is 1. The summed E-state index contributed by atoms with van der Waals surface area (Å²) >= 11 is 0. The van der Waals surface area contributed by atoms with E-state index in [0.29, 0.717) is 11.6 Å². The molecule has 80 valence electrons. The molecule has 1 N–H and O–H groups in total. The summed E-state index contributed by atoms with van der Waals surface area (Å²) in [5, 5.41) is 0. The minimum absolute atomic E-state index is 0.111. The highest BCUT2D eigenvalue weighted by Crippen LogP contribution is 2.29. The van der Waals surface area contributed by atoms with Crippen molar-refractivity contribution < 1.29 is 4.79 Å². The molecule has 0 saturated heterocycles. The van der Waals surface area contributed by atoms with E-state index in [9.17, 15) is 9.59 Å². The molecule has 1 aromatic rings. The van der Waals surface area contributed by atoms with Crippen LogP contribution >= 0.6 is 0 Å². The molecule has 0 aromatic carbocycles.